The third-order valence-electron chi connectivity index (χ3n) is 11.1. The second-order valence-electron chi connectivity index (χ2n) is 12.7. The summed E-state index contributed by atoms with van der Waals surface area (Å²) in [4.78, 5) is 8.33. The van der Waals surface area contributed by atoms with Crippen molar-refractivity contribution < 1.29 is 15.1 Å². The van der Waals surface area contributed by atoms with Crippen LogP contribution >= 0.6 is 0 Å². The molecule has 32 heavy (non-hydrogen) atoms. The van der Waals surface area contributed by atoms with E-state index in [2.05, 4.69) is 51.9 Å². The van der Waals surface area contributed by atoms with Crippen molar-refractivity contribution in [2.24, 2.45) is 34.5 Å². The standard InChI is InChI=1S/C27H50N2O3/c1-19(29(6)32-17-7-16-28(4)5)22-12-15-27(31)24-9-8-20-18-21(30)10-13-25(20,2)23(24)11-14-26(22,27)3/h19-24,30-31H,7-18H2,1-6H3/t19?,20?,21?,22-,23+,24-,25+,26-,27-/m1/s1. The number of aliphatic hydroxyl groups excluding tert-OH is 1. The Kier molecular flexibility index (Phi) is 7.09. The molecule has 4 saturated carbocycles. The van der Waals surface area contributed by atoms with E-state index in [1.165, 1.54) is 12.8 Å². The van der Waals surface area contributed by atoms with E-state index in [0.29, 0.717) is 35.1 Å². The van der Waals surface area contributed by atoms with Crippen LogP contribution in [-0.2, 0) is 4.84 Å². The molecule has 186 valence electrons. The van der Waals surface area contributed by atoms with Crippen LogP contribution < -0.4 is 0 Å². The highest BCUT2D eigenvalue weighted by atomic mass is 16.7. The summed E-state index contributed by atoms with van der Waals surface area (Å²) in [6.07, 6.45) is 10.7. The Morgan fingerprint density at radius 3 is 2.44 bits per heavy atom. The molecule has 0 aromatic heterocycles. The summed E-state index contributed by atoms with van der Waals surface area (Å²) in [5.74, 6) is 2.13. The van der Waals surface area contributed by atoms with Crippen LogP contribution in [0.25, 0.3) is 0 Å². The van der Waals surface area contributed by atoms with Gasteiger partial charge in [0.15, 0.2) is 0 Å². The monoisotopic (exact) mass is 450 g/mol. The van der Waals surface area contributed by atoms with Crippen molar-refractivity contribution >= 4 is 0 Å². The molecule has 3 unspecified atom stereocenters. The lowest BCUT2D eigenvalue weighted by Gasteiger charge is -2.64. The molecule has 2 N–H and O–H groups in total. The third-order valence-corrected chi connectivity index (χ3v) is 11.1. The van der Waals surface area contributed by atoms with Gasteiger partial charge in [0.25, 0.3) is 0 Å². The lowest BCUT2D eigenvalue weighted by Crippen LogP contribution is -2.63. The molecule has 0 saturated heterocycles. The van der Waals surface area contributed by atoms with Crippen molar-refractivity contribution in [1.82, 2.24) is 9.96 Å². The van der Waals surface area contributed by atoms with Crippen LogP contribution in [0, 0.1) is 34.5 Å². The van der Waals surface area contributed by atoms with Gasteiger partial charge in [0, 0.05) is 18.5 Å². The smallest absolute Gasteiger partial charge is 0.0735 e. The van der Waals surface area contributed by atoms with Crippen LogP contribution in [-0.4, -0.2) is 72.2 Å². The van der Waals surface area contributed by atoms with E-state index in [9.17, 15) is 10.2 Å². The van der Waals surface area contributed by atoms with Gasteiger partial charge in [-0.15, -0.1) is 0 Å². The summed E-state index contributed by atoms with van der Waals surface area (Å²) < 4.78 is 0. The molecule has 0 spiro atoms. The molecule has 5 heteroatoms. The van der Waals surface area contributed by atoms with E-state index in [0.717, 1.165) is 64.5 Å². The zero-order valence-corrected chi connectivity index (χ0v) is 21.6. The molecule has 0 radical (unpaired) electrons. The summed E-state index contributed by atoms with van der Waals surface area (Å²) in [5, 5.41) is 24.8. The van der Waals surface area contributed by atoms with Crippen LogP contribution in [0.1, 0.15) is 85.0 Å². The maximum Gasteiger partial charge on any atom is 0.0735 e. The predicted octanol–water partition coefficient (Wildman–Crippen LogP) is 4.32. The molecule has 0 heterocycles. The highest BCUT2D eigenvalue weighted by Crippen LogP contribution is 2.69. The first-order chi connectivity index (χ1) is 15.0. The van der Waals surface area contributed by atoms with Crippen LogP contribution in [0.5, 0.6) is 0 Å². The second-order valence-corrected chi connectivity index (χ2v) is 12.7. The first-order valence-electron chi connectivity index (χ1n) is 13.4. The quantitative estimate of drug-likeness (QED) is 0.447. The van der Waals surface area contributed by atoms with Crippen molar-refractivity contribution in [1.29, 1.82) is 0 Å². The molecule has 4 aliphatic carbocycles. The molecule has 0 aromatic carbocycles. The van der Waals surface area contributed by atoms with Gasteiger partial charge in [0.1, 0.15) is 0 Å². The SMILES string of the molecule is CC([C@H]1CC[C@@]2(O)[C@@H]3CCC4CC(O)CC[C@]4(C)[C@H]3CC[C@]12C)N(C)OCCCN(C)C. The van der Waals surface area contributed by atoms with Crippen LogP contribution in [0.15, 0.2) is 0 Å². The molecular formula is C27H50N2O3. The normalized spacial score (nSPS) is 47.2. The zero-order valence-electron chi connectivity index (χ0n) is 21.6. The van der Waals surface area contributed by atoms with E-state index in [-0.39, 0.29) is 11.5 Å². The minimum atomic E-state index is -0.551. The highest BCUT2D eigenvalue weighted by Gasteiger charge is 2.67. The lowest BCUT2D eigenvalue weighted by atomic mass is 9.43. The topological polar surface area (TPSA) is 56.2 Å². The molecule has 0 bridgehead atoms. The van der Waals surface area contributed by atoms with Gasteiger partial charge in [-0.05, 0) is 121 Å². The van der Waals surface area contributed by atoms with E-state index in [1.807, 2.05) is 0 Å². The van der Waals surface area contributed by atoms with Gasteiger partial charge < -0.3 is 15.1 Å². The summed E-state index contributed by atoms with van der Waals surface area (Å²) >= 11 is 0. The summed E-state index contributed by atoms with van der Waals surface area (Å²) in [5.41, 5.74) is -0.286. The van der Waals surface area contributed by atoms with Crippen LogP contribution in [0.3, 0.4) is 0 Å². The number of fused-ring (bicyclic) bond motifs is 5. The Hall–Kier alpha value is -0.200. The van der Waals surface area contributed by atoms with Crippen molar-refractivity contribution in [3.8, 4) is 0 Å². The molecule has 4 fully saturated rings. The van der Waals surface area contributed by atoms with Gasteiger partial charge >= 0.3 is 0 Å². The van der Waals surface area contributed by atoms with Gasteiger partial charge in [-0.3, -0.25) is 4.84 Å². The van der Waals surface area contributed by atoms with Crippen LogP contribution in [0.4, 0.5) is 0 Å². The average Bonchev–Trinajstić information content (AvgIpc) is 3.02. The summed E-state index contributed by atoms with van der Waals surface area (Å²) in [7, 11) is 6.30. The third kappa shape index (κ3) is 3.98. The Morgan fingerprint density at radius 2 is 1.72 bits per heavy atom. The number of rotatable bonds is 7. The molecule has 4 aliphatic rings. The zero-order chi connectivity index (χ0) is 23.3. The second kappa shape index (κ2) is 9.11. The lowest BCUT2D eigenvalue weighted by molar-refractivity contribution is -0.228. The minimum Gasteiger partial charge on any atom is -0.393 e. The van der Waals surface area contributed by atoms with Gasteiger partial charge in [-0.25, -0.2) is 0 Å². The molecule has 9 atom stereocenters. The first kappa shape index (κ1) is 24.9. The maximum atomic E-state index is 12.4. The fraction of sp³-hybridized carbons (Fsp3) is 1.00. The fourth-order valence-corrected chi connectivity index (χ4v) is 8.98. The predicted molar refractivity (Wildman–Crippen MR) is 129 cm³/mol. The number of hydroxylamine groups is 2. The first-order valence-corrected chi connectivity index (χ1v) is 13.4. The molecule has 0 amide bonds. The van der Waals surface area contributed by atoms with Gasteiger partial charge in [-0.1, -0.05) is 13.8 Å². The summed E-state index contributed by atoms with van der Waals surface area (Å²) in [6.45, 7) is 9.00. The minimum absolute atomic E-state index is 0.0355. The van der Waals surface area contributed by atoms with E-state index in [1.54, 1.807) is 0 Å². The Bertz CT molecular complexity index is 659. The van der Waals surface area contributed by atoms with E-state index in [4.69, 9.17) is 4.84 Å². The van der Waals surface area contributed by atoms with Gasteiger partial charge in [0.2, 0.25) is 0 Å². The number of nitrogens with zero attached hydrogens (tertiary/aromatic N) is 2. The molecular weight excluding hydrogens is 400 g/mol. The molecule has 5 nitrogen and oxygen atoms in total. The van der Waals surface area contributed by atoms with Crippen molar-refractivity contribution in [3.05, 3.63) is 0 Å². The van der Waals surface area contributed by atoms with Crippen molar-refractivity contribution in [3.63, 3.8) is 0 Å². The van der Waals surface area contributed by atoms with Crippen molar-refractivity contribution in [2.75, 3.05) is 34.3 Å². The van der Waals surface area contributed by atoms with Crippen molar-refractivity contribution in [2.45, 2.75) is 103 Å². The Morgan fingerprint density at radius 1 is 0.969 bits per heavy atom. The average molecular weight is 451 g/mol. The van der Waals surface area contributed by atoms with E-state index >= 15 is 0 Å². The Balaban J connectivity index is 1.46. The number of hydrogen-bond donors (Lipinski definition) is 2. The van der Waals surface area contributed by atoms with Gasteiger partial charge in [0.05, 0.1) is 18.3 Å². The summed E-state index contributed by atoms with van der Waals surface area (Å²) in [6, 6.07) is 0.307. The molecule has 4 rings (SSSR count). The number of hydrogen-bond acceptors (Lipinski definition) is 5. The number of aliphatic hydroxyl groups is 2. The Labute approximate surface area is 196 Å². The van der Waals surface area contributed by atoms with Crippen LogP contribution in [0.2, 0.25) is 0 Å². The molecule has 0 aliphatic heterocycles. The maximum absolute atomic E-state index is 12.4. The highest BCUT2D eigenvalue weighted by molar-refractivity contribution is 5.17. The van der Waals surface area contributed by atoms with E-state index < -0.39 is 5.60 Å². The molecule has 0 aromatic rings. The van der Waals surface area contributed by atoms with Gasteiger partial charge in [-0.2, -0.15) is 5.06 Å². The fourth-order valence-electron chi connectivity index (χ4n) is 8.98. The largest absolute Gasteiger partial charge is 0.393 e.